The molecule has 3 atom stereocenters. The molecule has 0 N–H and O–H groups in total. The maximum atomic E-state index is 11.5. The van der Waals surface area contributed by atoms with Gasteiger partial charge in [0.05, 0.1) is 5.92 Å². The summed E-state index contributed by atoms with van der Waals surface area (Å²) >= 11 is 0. The monoisotopic (exact) mass is 194 g/mol. The lowest BCUT2D eigenvalue weighted by atomic mass is 9.80. The maximum absolute atomic E-state index is 11.5. The second kappa shape index (κ2) is 4.16. The van der Waals surface area contributed by atoms with Crippen molar-refractivity contribution in [1.82, 2.24) is 0 Å². The number of esters is 1. The van der Waals surface area contributed by atoms with Crippen molar-refractivity contribution >= 4 is 5.97 Å². The van der Waals surface area contributed by atoms with E-state index in [0.29, 0.717) is 5.92 Å². The minimum absolute atomic E-state index is 0.0421. The number of unbranched alkanes of at least 4 members (excludes halogenated alkanes) is 1. The first-order chi connectivity index (χ1) is 6.83. The highest BCUT2D eigenvalue weighted by Crippen LogP contribution is 2.38. The molecule has 1 fully saturated rings. The van der Waals surface area contributed by atoms with Gasteiger partial charge in [0.25, 0.3) is 0 Å². The Bertz CT molecular complexity index is 245. The molecule has 0 aromatic carbocycles. The lowest BCUT2D eigenvalue weighted by Crippen LogP contribution is -2.22. The van der Waals surface area contributed by atoms with Crippen LogP contribution in [0.5, 0.6) is 0 Å². The van der Waals surface area contributed by atoms with Crippen molar-refractivity contribution in [2.75, 3.05) is 0 Å². The average molecular weight is 194 g/mol. The lowest BCUT2D eigenvalue weighted by Gasteiger charge is -2.21. The van der Waals surface area contributed by atoms with E-state index in [9.17, 15) is 4.79 Å². The summed E-state index contributed by atoms with van der Waals surface area (Å²) < 4.78 is 5.43. The van der Waals surface area contributed by atoms with E-state index in [0.717, 1.165) is 19.3 Å². The molecular formula is C12H18O2. The van der Waals surface area contributed by atoms with Crippen LogP contribution in [-0.2, 0) is 9.53 Å². The maximum Gasteiger partial charge on any atom is 0.309 e. The molecule has 3 unspecified atom stereocenters. The van der Waals surface area contributed by atoms with Gasteiger partial charge in [0.1, 0.15) is 6.10 Å². The number of rotatable bonds is 3. The van der Waals surface area contributed by atoms with Crippen LogP contribution in [0.15, 0.2) is 12.2 Å². The molecule has 0 amide bonds. The van der Waals surface area contributed by atoms with Crippen molar-refractivity contribution in [1.29, 1.82) is 0 Å². The van der Waals surface area contributed by atoms with Crippen LogP contribution in [0.3, 0.4) is 0 Å². The van der Waals surface area contributed by atoms with Crippen LogP contribution in [0.1, 0.15) is 39.0 Å². The van der Waals surface area contributed by atoms with E-state index < -0.39 is 0 Å². The molecule has 0 bridgehead atoms. The zero-order chi connectivity index (χ0) is 9.97. The molecule has 2 nitrogen and oxygen atoms in total. The van der Waals surface area contributed by atoms with Crippen molar-refractivity contribution in [3.8, 4) is 0 Å². The Morgan fingerprint density at radius 1 is 1.43 bits per heavy atom. The van der Waals surface area contributed by atoms with Gasteiger partial charge in [-0.1, -0.05) is 31.9 Å². The number of cyclic esters (lactones) is 1. The molecule has 14 heavy (non-hydrogen) atoms. The zero-order valence-corrected chi connectivity index (χ0v) is 8.74. The standard InChI is InChI=1S/C12H18O2/c1-2-3-8-11-9-6-4-5-7-10(9)12(13)14-11/h4-5,9-11H,2-3,6-8H2,1H3. The molecule has 0 saturated carbocycles. The Morgan fingerprint density at radius 3 is 3.00 bits per heavy atom. The van der Waals surface area contributed by atoms with Crippen LogP contribution in [0.2, 0.25) is 0 Å². The highest BCUT2D eigenvalue weighted by atomic mass is 16.6. The Balaban J connectivity index is 1.99. The summed E-state index contributed by atoms with van der Waals surface area (Å²) in [6.07, 6.45) is 9.85. The first-order valence-corrected chi connectivity index (χ1v) is 5.68. The average Bonchev–Trinajstić information content (AvgIpc) is 2.54. The minimum Gasteiger partial charge on any atom is -0.462 e. The molecule has 0 aromatic heterocycles. The van der Waals surface area contributed by atoms with Crippen molar-refractivity contribution in [2.24, 2.45) is 11.8 Å². The third kappa shape index (κ3) is 1.70. The van der Waals surface area contributed by atoms with Crippen LogP contribution in [0.4, 0.5) is 0 Å². The number of allylic oxidation sites excluding steroid dienone is 2. The van der Waals surface area contributed by atoms with Gasteiger partial charge in [0.15, 0.2) is 0 Å². The Morgan fingerprint density at radius 2 is 2.21 bits per heavy atom. The van der Waals surface area contributed by atoms with E-state index in [1.165, 1.54) is 12.8 Å². The predicted molar refractivity (Wildman–Crippen MR) is 54.8 cm³/mol. The summed E-state index contributed by atoms with van der Waals surface area (Å²) in [7, 11) is 0. The minimum atomic E-state index is 0.0421. The molecule has 0 radical (unpaired) electrons. The molecular weight excluding hydrogens is 176 g/mol. The smallest absolute Gasteiger partial charge is 0.309 e. The van der Waals surface area contributed by atoms with E-state index in [4.69, 9.17) is 4.74 Å². The van der Waals surface area contributed by atoms with Crippen molar-refractivity contribution < 1.29 is 9.53 Å². The summed E-state index contributed by atoms with van der Waals surface area (Å²) in [5.41, 5.74) is 0. The molecule has 2 heteroatoms. The second-order valence-electron chi connectivity index (χ2n) is 4.33. The summed E-state index contributed by atoms with van der Waals surface area (Å²) in [6, 6.07) is 0. The van der Waals surface area contributed by atoms with Crippen LogP contribution in [0.25, 0.3) is 0 Å². The molecule has 1 aliphatic heterocycles. The largest absolute Gasteiger partial charge is 0.462 e. The first kappa shape index (κ1) is 9.75. The number of carbonyl (C=O) groups excluding carboxylic acids is 1. The van der Waals surface area contributed by atoms with Gasteiger partial charge in [0.2, 0.25) is 0 Å². The van der Waals surface area contributed by atoms with Crippen molar-refractivity contribution in [2.45, 2.75) is 45.1 Å². The third-order valence-corrected chi connectivity index (χ3v) is 3.37. The van der Waals surface area contributed by atoms with E-state index in [1.54, 1.807) is 0 Å². The van der Waals surface area contributed by atoms with Crippen LogP contribution in [0, 0.1) is 11.8 Å². The molecule has 0 spiro atoms. The van der Waals surface area contributed by atoms with Crippen LogP contribution < -0.4 is 0 Å². The first-order valence-electron chi connectivity index (χ1n) is 5.68. The highest BCUT2D eigenvalue weighted by molar-refractivity contribution is 5.75. The fourth-order valence-corrected chi connectivity index (χ4v) is 2.52. The van der Waals surface area contributed by atoms with E-state index >= 15 is 0 Å². The normalized spacial score (nSPS) is 35.5. The summed E-state index contributed by atoms with van der Waals surface area (Å²) in [5.74, 6) is 0.682. The predicted octanol–water partition coefficient (Wildman–Crippen LogP) is 2.68. The third-order valence-electron chi connectivity index (χ3n) is 3.37. The van der Waals surface area contributed by atoms with Gasteiger partial charge >= 0.3 is 5.97 Å². The van der Waals surface area contributed by atoms with Gasteiger partial charge in [-0.05, 0) is 19.3 Å². The molecule has 1 saturated heterocycles. The van der Waals surface area contributed by atoms with Gasteiger partial charge in [0, 0.05) is 5.92 Å². The molecule has 0 aromatic rings. The van der Waals surface area contributed by atoms with Gasteiger partial charge in [-0.2, -0.15) is 0 Å². The Hall–Kier alpha value is -0.790. The summed E-state index contributed by atoms with van der Waals surface area (Å²) in [4.78, 5) is 11.5. The number of ether oxygens (including phenoxy) is 1. The number of fused-ring (bicyclic) bond motifs is 1. The van der Waals surface area contributed by atoms with Crippen molar-refractivity contribution in [3.05, 3.63) is 12.2 Å². The fraction of sp³-hybridized carbons (Fsp3) is 0.750. The Kier molecular flexibility index (Phi) is 2.90. The van der Waals surface area contributed by atoms with Gasteiger partial charge < -0.3 is 4.74 Å². The van der Waals surface area contributed by atoms with Crippen molar-refractivity contribution in [3.63, 3.8) is 0 Å². The zero-order valence-electron chi connectivity index (χ0n) is 8.74. The Labute approximate surface area is 85.3 Å². The van der Waals surface area contributed by atoms with Crippen LogP contribution in [-0.4, -0.2) is 12.1 Å². The second-order valence-corrected chi connectivity index (χ2v) is 4.33. The summed E-state index contributed by atoms with van der Waals surface area (Å²) in [5, 5.41) is 0. The summed E-state index contributed by atoms with van der Waals surface area (Å²) in [6.45, 7) is 2.18. The quantitative estimate of drug-likeness (QED) is 0.510. The van der Waals surface area contributed by atoms with Gasteiger partial charge in [-0.25, -0.2) is 0 Å². The number of hydrogen-bond donors (Lipinski definition) is 0. The fourth-order valence-electron chi connectivity index (χ4n) is 2.52. The molecule has 2 aliphatic rings. The highest BCUT2D eigenvalue weighted by Gasteiger charge is 2.43. The van der Waals surface area contributed by atoms with E-state index in [2.05, 4.69) is 19.1 Å². The number of hydrogen-bond acceptors (Lipinski definition) is 2. The lowest BCUT2D eigenvalue weighted by molar-refractivity contribution is -0.144. The van der Waals surface area contributed by atoms with E-state index in [-0.39, 0.29) is 18.0 Å². The molecule has 1 aliphatic carbocycles. The van der Waals surface area contributed by atoms with E-state index in [1.807, 2.05) is 0 Å². The van der Waals surface area contributed by atoms with Gasteiger partial charge in [-0.3, -0.25) is 4.79 Å². The number of carbonyl (C=O) groups is 1. The SMILES string of the molecule is CCCCC1OC(=O)C2CC=CCC12. The molecule has 2 rings (SSSR count). The van der Waals surface area contributed by atoms with Gasteiger partial charge in [-0.15, -0.1) is 0 Å². The van der Waals surface area contributed by atoms with Crippen LogP contribution >= 0.6 is 0 Å². The molecule has 78 valence electrons. The topological polar surface area (TPSA) is 26.3 Å². The molecule has 1 heterocycles.